The van der Waals surface area contributed by atoms with Gasteiger partial charge in [-0.1, -0.05) is 0 Å². The summed E-state index contributed by atoms with van der Waals surface area (Å²) in [6.45, 7) is 2.67. The number of likely N-dealkylation sites (tertiary alicyclic amines) is 1. The van der Waals surface area contributed by atoms with Gasteiger partial charge in [-0.3, -0.25) is 9.59 Å². The van der Waals surface area contributed by atoms with Gasteiger partial charge in [-0.2, -0.15) is 0 Å². The van der Waals surface area contributed by atoms with Crippen molar-refractivity contribution in [1.29, 1.82) is 0 Å². The summed E-state index contributed by atoms with van der Waals surface area (Å²) in [7, 11) is 0. The third kappa shape index (κ3) is 4.03. The van der Waals surface area contributed by atoms with Crippen LogP contribution in [-0.2, 0) is 16.0 Å². The number of piperidine rings is 1. The molecule has 5 nitrogen and oxygen atoms in total. The zero-order valence-electron chi connectivity index (χ0n) is 11.7. The Morgan fingerprint density at radius 3 is 2.95 bits per heavy atom. The average molecular weight is 296 g/mol. The molecule has 1 aromatic heterocycles. The number of rotatable bonds is 5. The van der Waals surface area contributed by atoms with E-state index in [0.29, 0.717) is 12.8 Å². The predicted molar refractivity (Wildman–Crippen MR) is 76.8 cm³/mol. The summed E-state index contributed by atoms with van der Waals surface area (Å²) in [4.78, 5) is 29.3. The number of amides is 1. The van der Waals surface area contributed by atoms with Gasteiger partial charge in [0.2, 0.25) is 5.91 Å². The number of carbonyl (C=O) groups excluding carboxylic acids is 1. The second-order valence-corrected chi connectivity index (χ2v) is 6.27. The van der Waals surface area contributed by atoms with Gasteiger partial charge in [0.25, 0.3) is 0 Å². The summed E-state index contributed by atoms with van der Waals surface area (Å²) in [5, 5.41) is 11.7. The Morgan fingerprint density at radius 2 is 2.30 bits per heavy atom. The first kappa shape index (κ1) is 15.0. The lowest BCUT2D eigenvalue weighted by molar-refractivity contribution is -0.139. The number of carbonyl (C=O) groups is 2. The van der Waals surface area contributed by atoms with Crippen LogP contribution < -0.4 is 0 Å². The minimum atomic E-state index is -0.793. The van der Waals surface area contributed by atoms with Crippen molar-refractivity contribution < 1.29 is 14.7 Å². The average Bonchev–Trinajstić information content (AvgIpc) is 2.82. The number of nitrogens with zero attached hydrogens (tertiary/aromatic N) is 2. The van der Waals surface area contributed by atoms with E-state index in [1.165, 1.54) is 0 Å². The Balaban J connectivity index is 1.95. The normalized spacial score (nSPS) is 19.1. The smallest absolute Gasteiger partial charge is 0.303 e. The lowest BCUT2D eigenvalue weighted by Gasteiger charge is -2.35. The monoisotopic (exact) mass is 296 g/mol. The molecule has 0 aliphatic carbocycles. The van der Waals surface area contributed by atoms with Crippen molar-refractivity contribution in [2.75, 3.05) is 6.54 Å². The van der Waals surface area contributed by atoms with Crippen molar-refractivity contribution in [2.24, 2.45) is 0 Å². The van der Waals surface area contributed by atoms with E-state index < -0.39 is 5.97 Å². The quantitative estimate of drug-likeness (QED) is 0.904. The van der Waals surface area contributed by atoms with Crippen LogP contribution in [0.15, 0.2) is 5.38 Å². The second kappa shape index (κ2) is 6.83. The van der Waals surface area contributed by atoms with Gasteiger partial charge >= 0.3 is 5.97 Å². The number of aliphatic carboxylic acids is 1. The van der Waals surface area contributed by atoms with Crippen molar-refractivity contribution in [2.45, 2.75) is 51.5 Å². The first-order valence-electron chi connectivity index (χ1n) is 6.98. The van der Waals surface area contributed by atoms with Crippen LogP contribution in [0.1, 0.15) is 42.8 Å². The van der Waals surface area contributed by atoms with Crippen LogP contribution in [0.5, 0.6) is 0 Å². The van der Waals surface area contributed by atoms with E-state index in [2.05, 4.69) is 4.98 Å². The SMILES string of the molecule is Cc1nc(CC(=O)N2CCCCC2CCC(=O)O)cs1. The summed E-state index contributed by atoms with van der Waals surface area (Å²) in [6, 6.07) is 0.0760. The fourth-order valence-corrected chi connectivity index (χ4v) is 3.28. The maximum atomic E-state index is 12.4. The highest BCUT2D eigenvalue weighted by atomic mass is 32.1. The van der Waals surface area contributed by atoms with Crippen molar-refractivity contribution in [1.82, 2.24) is 9.88 Å². The number of hydrogen-bond acceptors (Lipinski definition) is 4. The molecule has 1 fully saturated rings. The van der Waals surface area contributed by atoms with Crippen molar-refractivity contribution >= 4 is 23.2 Å². The Morgan fingerprint density at radius 1 is 1.50 bits per heavy atom. The van der Waals surface area contributed by atoms with Gasteiger partial charge in [-0.15, -0.1) is 11.3 Å². The molecule has 0 radical (unpaired) electrons. The van der Waals surface area contributed by atoms with E-state index in [1.54, 1.807) is 11.3 Å². The standard InChI is InChI=1S/C14H20N2O3S/c1-10-15-11(9-20-10)8-13(17)16-7-3-2-4-12(16)5-6-14(18)19/h9,12H,2-8H2,1H3,(H,18,19). The molecule has 1 aliphatic heterocycles. The highest BCUT2D eigenvalue weighted by molar-refractivity contribution is 7.09. The fourth-order valence-electron chi connectivity index (χ4n) is 2.67. The third-order valence-corrected chi connectivity index (χ3v) is 4.46. The van der Waals surface area contributed by atoms with E-state index in [-0.39, 0.29) is 18.4 Å². The molecule has 1 amide bonds. The number of thiazole rings is 1. The fraction of sp³-hybridized carbons (Fsp3) is 0.643. The highest BCUT2D eigenvalue weighted by Crippen LogP contribution is 2.22. The Bertz CT molecular complexity index is 487. The molecule has 1 aliphatic rings. The van der Waals surface area contributed by atoms with Crippen LogP contribution in [0.4, 0.5) is 0 Å². The van der Waals surface area contributed by atoms with Crippen LogP contribution in [0.25, 0.3) is 0 Å². The predicted octanol–water partition coefficient (Wildman–Crippen LogP) is 2.24. The highest BCUT2D eigenvalue weighted by Gasteiger charge is 2.27. The van der Waals surface area contributed by atoms with Crippen LogP contribution in [-0.4, -0.2) is 39.5 Å². The second-order valence-electron chi connectivity index (χ2n) is 5.20. The molecule has 1 saturated heterocycles. The van der Waals surface area contributed by atoms with E-state index in [0.717, 1.165) is 36.5 Å². The summed E-state index contributed by atoms with van der Waals surface area (Å²) >= 11 is 1.55. The molecule has 20 heavy (non-hydrogen) atoms. The lowest BCUT2D eigenvalue weighted by atomic mass is 9.97. The van der Waals surface area contributed by atoms with Crippen molar-refractivity contribution in [3.63, 3.8) is 0 Å². The molecular weight excluding hydrogens is 276 g/mol. The molecule has 1 atom stereocenters. The van der Waals surface area contributed by atoms with Gasteiger partial charge in [-0.05, 0) is 32.6 Å². The molecule has 6 heteroatoms. The van der Waals surface area contributed by atoms with Gasteiger partial charge in [-0.25, -0.2) is 4.98 Å². The third-order valence-electron chi connectivity index (χ3n) is 3.64. The molecular formula is C14H20N2O3S. The van der Waals surface area contributed by atoms with Crippen molar-refractivity contribution in [3.05, 3.63) is 16.1 Å². The zero-order valence-corrected chi connectivity index (χ0v) is 12.5. The largest absolute Gasteiger partial charge is 0.481 e. The van der Waals surface area contributed by atoms with E-state index >= 15 is 0 Å². The van der Waals surface area contributed by atoms with Crippen LogP contribution in [0.2, 0.25) is 0 Å². The van der Waals surface area contributed by atoms with Gasteiger partial charge in [0.05, 0.1) is 17.1 Å². The van der Waals surface area contributed by atoms with Crippen LogP contribution in [0, 0.1) is 6.92 Å². The van der Waals surface area contributed by atoms with E-state index in [1.807, 2.05) is 17.2 Å². The minimum Gasteiger partial charge on any atom is -0.481 e. The molecule has 0 spiro atoms. The summed E-state index contributed by atoms with van der Waals surface area (Å²) in [5.41, 5.74) is 0.819. The molecule has 0 aromatic carbocycles. The number of hydrogen-bond donors (Lipinski definition) is 1. The van der Waals surface area contributed by atoms with Gasteiger partial charge in [0, 0.05) is 24.4 Å². The summed E-state index contributed by atoms with van der Waals surface area (Å²) in [6.07, 6.45) is 4.00. The van der Waals surface area contributed by atoms with Crippen LogP contribution >= 0.6 is 11.3 Å². The maximum absolute atomic E-state index is 12.4. The number of aromatic nitrogens is 1. The molecule has 0 saturated carbocycles. The number of carboxylic acids is 1. The van der Waals surface area contributed by atoms with Crippen molar-refractivity contribution in [3.8, 4) is 0 Å². The number of aryl methyl sites for hydroxylation is 1. The molecule has 1 aromatic rings. The van der Waals surface area contributed by atoms with Gasteiger partial charge in [0.1, 0.15) is 0 Å². The Hall–Kier alpha value is -1.43. The Labute approximate surface area is 122 Å². The maximum Gasteiger partial charge on any atom is 0.303 e. The topological polar surface area (TPSA) is 70.5 Å². The first-order chi connectivity index (χ1) is 9.56. The molecule has 110 valence electrons. The molecule has 1 N–H and O–H groups in total. The molecule has 1 unspecified atom stereocenters. The van der Waals surface area contributed by atoms with Crippen LogP contribution in [0.3, 0.4) is 0 Å². The lowest BCUT2D eigenvalue weighted by Crippen LogP contribution is -2.44. The van der Waals surface area contributed by atoms with E-state index in [9.17, 15) is 9.59 Å². The summed E-state index contributed by atoms with van der Waals surface area (Å²) < 4.78 is 0. The summed E-state index contributed by atoms with van der Waals surface area (Å²) in [5.74, 6) is -0.719. The van der Waals surface area contributed by atoms with E-state index in [4.69, 9.17) is 5.11 Å². The first-order valence-corrected chi connectivity index (χ1v) is 7.86. The minimum absolute atomic E-state index is 0.0744. The molecule has 2 rings (SSSR count). The van der Waals surface area contributed by atoms with Gasteiger partial charge < -0.3 is 10.0 Å². The Kier molecular flexibility index (Phi) is 5.11. The zero-order chi connectivity index (χ0) is 14.5. The number of carboxylic acid groups (broad SMARTS) is 1. The van der Waals surface area contributed by atoms with Gasteiger partial charge in [0.15, 0.2) is 0 Å². The molecule has 0 bridgehead atoms. The molecule has 2 heterocycles.